The minimum Gasteiger partial charge on any atom is -0.381 e. The number of aryl methyl sites for hydroxylation is 1. The lowest BCUT2D eigenvalue weighted by Crippen LogP contribution is -2.39. The van der Waals surface area contributed by atoms with Gasteiger partial charge in [0.15, 0.2) is 5.65 Å². The fourth-order valence-electron chi connectivity index (χ4n) is 4.48. The van der Waals surface area contributed by atoms with E-state index in [1.165, 1.54) is 11.1 Å². The Morgan fingerprint density at radius 2 is 1.83 bits per heavy atom. The van der Waals surface area contributed by atoms with Crippen LogP contribution < -0.4 is 10.6 Å². The van der Waals surface area contributed by atoms with Crippen molar-refractivity contribution < 1.29 is 9.47 Å². The van der Waals surface area contributed by atoms with Crippen molar-refractivity contribution in [2.75, 3.05) is 69.1 Å². The van der Waals surface area contributed by atoms with Crippen LogP contribution in [-0.2, 0) is 22.7 Å². The number of anilines is 2. The molecule has 5 rings (SSSR count). The molecular weight excluding hydrogens is 534 g/mol. The second-order valence-electron chi connectivity index (χ2n) is 10.0. The summed E-state index contributed by atoms with van der Waals surface area (Å²) in [7, 11) is 0. The summed E-state index contributed by atoms with van der Waals surface area (Å²) in [4.78, 5) is 11.8. The van der Waals surface area contributed by atoms with Crippen LogP contribution >= 0.6 is 11.8 Å². The number of hydrogen-bond acceptors (Lipinski definition) is 9. The van der Waals surface area contributed by atoms with Crippen molar-refractivity contribution in [3.8, 4) is 11.3 Å². The van der Waals surface area contributed by atoms with Crippen LogP contribution in [0, 0.1) is 6.92 Å². The number of hydrogen-bond donors (Lipinski definition) is 2. The molecule has 0 aliphatic carbocycles. The number of benzene rings is 2. The van der Waals surface area contributed by atoms with E-state index in [4.69, 9.17) is 19.6 Å². The van der Waals surface area contributed by atoms with E-state index in [1.807, 2.05) is 29.5 Å². The Kier molecular flexibility index (Phi) is 12.2. The van der Waals surface area contributed by atoms with Crippen LogP contribution in [0.4, 0.5) is 11.6 Å². The first-order chi connectivity index (χ1) is 20.1. The van der Waals surface area contributed by atoms with Crippen molar-refractivity contribution in [2.24, 2.45) is 0 Å². The van der Waals surface area contributed by atoms with E-state index in [1.54, 1.807) is 11.8 Å². The minimum absolute atomic E-state index is 0.347. The first-order valence-corrected chi connectivity index (χ1v) is 15.9. The lowest BCUT2D eigenvalue weighted by molar-refractivity contribution is 0.0398. The summed E-state index contributed by atoms with van der Waals surface area (Å²) in [6.07, 6.45) is 6.90. The highest BCUT2D eigenvalue weighted by atomic mass is 32.2. The lowest BCUT2D eigenvalue weighted by Gasteiger charge is -2.26. The average Bonchev–Trinajstić information content (AvgIpc) is 3.36. The predicted octanol–water partition coefficient (Wildman–Crippen LogP) is 5.52. The van der Waals surface area contributed by atoms with Gasteiger partial charge in [-0.3, -0.25) is 4.90 Å². The third-order valence-electron chi connectivity index (χ3n) is 6.62. The van der Waals surface area contributed by atoms with Crippen LogP contribution in [0.15, 0.2) is 54.7 Å². The molecular formula is C31H43N7O2S. The molecule has 2 aromatic carbocycles. The van der Waals surface area contributed by atoms with Gasteiger partial charge in [0, 0.05) is 56.8 Å². The summed E-state index contributed by atoms with van der Waals surface area (Å²) in [5, 5.41) is 12.7. The third kappa shape index (κ3) is 9.16. The number of nitrogens with zero attached hydrogens (tertiary/aromatic N) is 5. The molecule has 0 bridgehead atoms. The summed E-state index contributed by atoms with van der Waals surface area (Å²) < 4.78 is 13.1. The molecule has 0 saturated carbocycles. The van der Waals surface area contributed by atoms with E-state index in [9.17, 15) is 0 Å². The number of thioether (sulfide) groups is 1. The third-order valence-corrected chi connectivity index (χ3v) is 6.62. The first kappa shape index (κ1) is 30.8. The van der Waals surface area contributed by atoms with Gasteiger partial charge in [0.1, 0.15) is 12.4 Å². The average molecular weight is 578 g/mol. The summed E-state index contributed by atoms with van der Waals surface area (Å²) in [6, 6.07) is 16.9. The molecule has 1 saturated heterocycles. The van der Waals surface area contributed by atoms with Crippen molar-refractivity contribution in [1.82, 2.24) is 24.6 Å². The predicted molar refractivity (Wildman–Crippen MR) is 171 cm³/mol. The SMILES string of the molecule is CCCOCn1nc(-c2cccc(NCc3ccc(C)cc3)c2)c2cnc(NCCN3CCOCC3)nc21.CSC. The Morgan fingerprint density at radius 1 is 1.05 bits per heavy atom. The highest BCUT2D eigenvalue weighted by molar-refractivity contribution is 7.97. The summed E-state index contributed by atoms with van der Waals surface area (Å²) in [5.74, 6) is 0.600. The van der Waals surface area contributed by atoms with E-state index < -0.39 is 0 Å². The molecule has 2 N–H and O–H groups in total. The molecule has 0 radical (unpaired) electrons. The van der Waals surface area contributed by atoms with Gasteiger partial charge in [-0.15, -0.1) is 0 Å². The summed E-state index contributed by atoms with van der Waals surface area (Å²) >= 11 is 1.75. The van der Waals surface area contributed by atoms with Crippen LogP contribution in [0.25, 0.3) is 22.3 Å². The maximum absolute atomic E-state index is 5.83. The minimum atomic E-state index is 0.347. The lowest BCUT2D eigenvalue weighted by atomic mass is 10.1. The Balaban J connectivity index is 0.00000124. The normalized spacial score (nSPS) is 13.6. The van der Waals surface area contributed by atoms with E-state index in [0.717, 1.165) is 80.3 Å². The Hall–Kier alpha value is -3.18. The molecule has 2 aromatic heterocycles. The molecule has 10 heteroatoms. The van der Waals surface area contributed by atoms with Crippen LogP contribution in [0.1, 0.15) is 24.5 Å². The summed E-state index contributed by atoms with van der Waals surface area (Å²) in [5.41, 5.74) is 6.16. The van der Waals surface area contributed by atoms with Crippen LogP contribution in [0.5, 0.6) is 0 Å². The fourth-order valence-corrected chi connectivity index (χ4v) is 4.48. The van der Waals surface area contributed by atoms with Crippen molar-refractivity contribution in [1.29, 1.82) is 0 Å². The highest BCUT2D eigenvalue weighted by Crippen LogP contribution is 2.29. The number of morpholine rings is 1. The molecule has 0 spiro atoms. The standard InChI is InChI=1S/C29H37N7O2.C2H6S/c1-3-15-38-21-36-28-26(20-32-29(33-28)30-11-12-35-13-16-37-17-14-35)27(34-36)24-5-4-6-25(18-24)31-19-23-9-7-22(2)8-10-23;1-3-2/h4-10,18,20,31H,3,11-17,19,21H2,1-2H3,(H,30,32,33);1-2H3. The van der Waals surface area contributed by atoms with Gasteiger partial charge in [0.25, 0.3) is 0 Å². The molecule has 3 heterocycles. The van der Waals surface area contributed by atoms with Crippen molar-refractivity contribution in [3.05, 3.63) is 65.9 Å². The van der Waals surface area contributed by atoms with Crippen LogP contribution in [-0.4, -0.2) is 83.2 Å². The number of ether oxygens (including phenoxy) is 2. The Bertz CT molecular complexity index is 1340. The van der Waals surface area contributed by atoms with Gasteiger partial charge in [-0.25, -0.2) is 9.67 Å². The van der Waals surface area contributed by atoms with Crippen LogP contribution in [0.2, 0.25) is 0 Å². The van der Waals surface area contributed by atoms with Gasteiger partial charge in [-0.05, 0) is 43.6 Å². The molecule has 4 aromatic rings. The zero-order valence-electron chi connectivity index (χ0n) is 24.7. The molecule has 1 aliphatic heterocycles. The van der Waals surface area contributed by atoms with Gasteiger partial charge in [-0.2, -0.15) is 21.8 Å². The smallest absolute Gasteiger partial charge is 0.224 e. The largest absolute Gasteiger partial charge is 0.381 e. The van der Waals surface area contributed by atoms with Gasteiger partial charge in [-0.1, -0.05) is 48.9 Å². The topological polar surface area (TPSA) is 89.4 Å². The van der Waals surface area contributed by atoms with Crippen molar-refractivity contribution in [2.45, 2.75) is 33.5 Å². The first-order valence-electron chi connectivity index (χ1n) is 14.3. The Morgan fingerprint density at radius 3 is 2.59 bits per heavy atom. The zero-order chi connectivity index (χ0) is 28.9. The van der Waals surface area contributed by atoms with Gasteiger partial charge >= 0.3 is 0 Å². The quantitative estimate of drug-likeness (QED) is 0.211. The van der Waals surface area contributed by atoms with E-state index in [0.29, 0.717) is 19.3 Å². The molecule has 9 nitrogen and oxygen atoms in total. The van der Waals surface area contributed by atoms with Gasteiger partial charge in [0.2, 0.25) is 5.95 Å². The number of rotatable bonds is 12. The maximum Gasteiger partial charge on any atom is 0.224 e. The second kappa shape index (κ2) is 16.3. The number of fused-ring (bicyclic) bond motifs is 1. The fraction of sp³-hybridized carbons (Fsp3) is 0.452. The highest BCUT2D eigenvalue weighted by Gasteiger charge is 2.16. The molecule has 220 valence electrons. The molecule has 0 atom stereocenters. The van der Waals surface area contributed by atoms with Crippen LogP contribution in [0.3, 0.4) is 0 Å². The number of aromatic nitrogens is 4. The van der Waals surface area contributed by atoms with E-state index in [2.05, 4.69) is 76.8 Å². The molecule has 0 amide bonds. The van der Waals surface area contributed by atoms with E-state index >= 15 is 0 Å². The van der Waals surface area contributed by atoms with Gasteiger partial charge in [0.05, 0.1) is 18.6 Å². The summed E-state index contributed by atoms with van der Waals surface area (Å²) in [6.45, 7) is 11.2. The maximum atomic E-state index is 5.83. The monoisotopic (exact) mass is 577 g/mol. The molecule has 1 fully saturated rings. The van der Waals surface area contributed by atoms with E-state index in [-0.39, 0.29) is 0 Å². The van der Waals surface area contributed by atoms with Crippen molar-refractivity contribution in [3.63, 3.8) is 0 Å². The van der Waals surface area contributed by atoms with Gasteiger partial charge < -0.3 is 20.1 Å². The number of nitrogens with one attached hydrogen (secondary N) is 2. The second-order valence-corrected chi connectivity index (χ2v) is 10.8. The molecule has 1 aliphatic rings. The van der Waals surface area contributed by atoms with Crippen molar-refractivity contribution >= 4 is 34.4 Å². The Labute approximate surface area is 248 Å². The molecule has 0 unspecified atom stereocenters. The zero-order valence-corrected chi connectivity index (χ0v) is 25.5. The molecule has 41 heavy (non-hydrogen) atoms.